The van der Waals surface area contributed by atoms with Gasteiger partial charge in [-0.15, -0.1) is 11.3 Å². The minimum atomic E-state index is -0.212. The zero-order chi connectivity index (χ0) is 19.5. The number of morpholine rings is 1. The molecule has 2 aromatic rings. The van der Waals surface area contributed by atoms with Gasteiger partial charge in [-0.05, 0) is 31.0 Å². The number of ether oxygens (including phenoxy) is 2. The fraction of sp³-hybridized carbons (Fsp3) is 0.450. The van der Waals surface area contributed by atoms with E-state index >= 15 is 0 Å². The van der Waals surface area contributed by atoms with Crippen LogP contribution in [0.1, 0.15) is 18.4 Å². The van der Waals surface area contributed by atoms with Crippen molar-refractivity contribution in [1.29, 1.82) is 0 Å². The number of fused-ring (bicyclic) bond motifs is 1. The van der Waals surface area contributed by atoms with Crippen LogP contribution in [0.4, 0.5) is 5.69 Å². The van der Waals surface area contributed by atoms with Crippen LogP contribution in [0.3, 0.4) is 0 Å². The molecule has 1 aromatic heterocycles. The molecule has 0 saturated carbocycles. The minimum Gasteiger partial charge on any atom is -0.482 e. The summed E-state index contributed by atoms with van der Waals surface area (Å²) in [5, 5.41) is 3.13. The number of benzene rings is 1. The van der Waals surface area contributed by atoms with Crippen molar-refractivity contribution in [2.75, 3.05) is 44.4 Å². The Morgan fingerprint density at radius 2 is 2.11 bits per heavy atom. The highest BCUT2D eigenvalue weighted by atomic mass is 32.1. The number of nitrogens with zero attached hydrogens (tertiary/aromatic N) is 3. The molecule has 1 saturated heterocycles. The van der Waals surface area contributed by atoms with Crippen molar-refractivity contribution in [3.05, 3.63) is 28.6 Å². The van der Waals surface area contributed by atoms with Crippen molar-refractivity contribution in [2.45, 2.75) is 19.8 Å². The van der Waals surface area contributed by atoms with Gasteiger partial charge in [0.05, 0.1) is 29.6 Å². The lowest BCUT2D eigenvalue weighted by atomic mass is 10.1. The second kappa shape index (κ2) is 8.28. The number of amides is 2. The van der Waals surface area contributed by atoms with E-state index in [0.717, 1.165) is 29.1 Å². The maximum Gasteiger partial charge on any atom is 0.265 e. The maximum atomic E-state index is 12.7. The molecule has 0 atom stereocenters. The van der Waals surface area contributed by atoms with Crippen molar-refractivity contribution in [2.24, 2.45) is 0 Å². The van der Waals surface area contributed by atoms with Crippen LogP contribution >= 0.6 is 11.3 Å². The molecule has 0 radical (unpaired) electrons. The smallest absolute Gasteiger partial charge is 0.265 e. The number of anilines is 1. The molecule has 3 heterocycles. The number of hydrogen-bond donors (Lipinski definition) is 0. The standard InChI is InChI=1S/C20H23N3O4S/c1-2-3-18-21-15(13-28-18)14-4-5-17-16(10-14)23(20(25)12-27-17)11-19(24)22-6-8-26-9-7-22/h4-5,10,13H,2-3,6-9,11-12H2,1H3. The van der Waals surface area contributed by atoms with Crippen molar-refractivity contribution < 1.29 is 19.1 Å². The van der Waals surface area contributed by atoms with Crippen molar-refractivity contribution in [3.63, 3.8) is 0 Å². The van der Waals surface area contributed by atoms with Crippen molar-refractivity contribution >= 4 is 28.8 Å². The van der Waals surface area contributed by atoms with Crippen LogP contribution < -0.4 is 9.64 Å². The first kappa shape index (κ1) is 18.9. The van der Waals surface area contributed by atoms with E-state index in [2.05, 4.69) is 11.9 Å². The first-order chi connectivity index (χ1) is 13.7. The molecule has 1 aromatic carbocycles. The van der Waals surface area contributed by atoms with E-state index in [9.17, 15) is 9.59 Å². The molecular formula is C20H23N3O4S. The predicted octanol–water partition coefficient (Wildman–Crippen LogP) is 2.35. The molecule has 4 rings (SSSR count). The number of rotatable bonds is 5. The first-order valence-electron chi connectivity index (χ1n) is 9.53. The van der Waals surface area contributed by atoms with E-state index in [1.54, 1.807) is 16.2 Å². The molecule has 2 amide bonds. The molecule has 0 unspecified atom stereocenters. The molecule has 2 aliphatic rings. The van der Waals surface area contributed by atoms with Gasteiger partial charge in [-0.1, -0.05) is 6.92 Å². The fourth-order valence-electron chi connectivity index (χ4n) is 3.35. The van der Waals surface area contributed by atoms with Crippen LogP contribution in [-0.4, -0.2) is 61.2 Å². The second-order valence-electron chi connectivity index (χ2n) is 6.82. The molecule has 0 aliphatic carbocycles. The third kappa shape index (κ3) is 3.88. The lowest BCUT2D eigenvalue weighted by Crippen LogP contribution is -2.49. The van der Waals surface area contributed by atoms with Crippen LogP contribution in [0.2, 0.25) is 0 Å². The van der Waals surface area contributed by atoms with Crippen LogP contribution in [0.5, 0.6) is 5.75 Å². The Hall–Kier alpha value is -2.45. The van der Waals surface area contributed by atoms with Crippen LogP contribution in [0.15, 0.2) is 23.6 Å². The van der Waals surface area contributed by atoms with Crippen molar-refractivity contribution in [1.82, 2.24) is 9.88 Å². The molecule has 0 spiro atoms. The molecule has 0 bridgehead atoms. The number of aryl methyl sites for hydroxylation is 1. The molecule has 8 heteroatoms. The quantitative estimate of drug-likeness (QED) is 0.769. The number of thiazole rings is 1. The molecule has 28 heavy (non-hydrogen) atoms. The summed E-state index contributed by atoms with van der Waals surface area (Å²) in [5.74, 6) is 0.326. The van der Waals surface area contributed by atoms with Gasteiger partial charge in [0.15, 0.2) is 6.61 Å². The third-order valence-corrected chi connectivity index (χ3v) is 5.78. The molecule has 0 N–H and O–H groups in total. The Kier molecular flexibility index (Phi) is 5.59. The van der Waals surface area contributed by atoms with E-state index in [4.69, 9.17) is 9.47 Å². The summed E-state index contributed by atoms with van der Waals surface area (Å²) in [6.07, 6.45) is 2.01. The van der Waals surface area contributed by atoms with Gasteiger partial charge < -0.3 is 14.4 Å². The zero-order valence-electron chi connectivity index (χ0n) is 15.8. The molecule has 2 aliphatic heterocycles. The summed E-state index contributed by atoms with van der Waals surface area (Å²) in [6.45, 7) is 4.27. The second-order valence-corrected chi connectivity index (χ2v) is 7.76. The van der Waals surface area contributed by atoms with Gasteiger partial charge in [0, 0.05) is 24.0 Å². The van der Waals surface area contributed by atoms with Gasteiger partial charge in [0.2, 0.25) is 5.91 Å². The number of carbonyl (C=O) groups excluding carboxylic acids is 2. The summed E-state index contributed by atoms with van der Waals surface area (Å²) in [5.41, 5.74) is 2.42. The average Bonchev–Trinajstić information content (AvgIpc) is 3.19. The van der Waals surface area contributed by atoms with E-state index < -0.39 is 0 Å². The number of carbonyl (C=O) groups is 2. The molecule has 1 fully saturated rings. The van der Waals surface area contributed by atoms with E-state index in [-0.39, 0.29) is 25.0 Å². The fourth-order valence-corrected chi connectivity index (χ4v) is 4.26. The lowest BCUT2D eigenvalue weighted by molar-refractivity contribution is -0.135. The topological polar surface area (TPSA) is 72.0 Å². The van der Waals surface area contributed by atoms with Gasteiger partial charge in [0.1, 0.15) is 12.3 Å². The summed E-state index contributed by atoms with van der Waals surface area (Å²) < 4.78 is 10.9. The lowest BCUT2D eigenvalue weighted by Gasteiger charge is -2.32. The molecular weight excluding hydrogens is 378 g/mol. The Bertz CT molecular complexity index is 876. The Labute approximate surface area is 167 Å². The van der Waals surface area contributed by atoms with Gasteiger partial charge >= 0.3 is 0 Å². The normalized spacial score (nSPS) is 16.7. The summed E-state index contributed by atoms with van der Waals surface area (Å²) in [6, 6.07) is 5.69. The predicted molar refractivity (Wildman–Crippen MR) is 107 cm³/mol. The van der Waals surface area contributed by atoms with Crippen molar-refractivity contribution in [3.8, 4) is 17.0 Å². The van der Waals surface area contributed by atoms with E-state index in [1.165, 1.54) is 4.90 Å². The summed E-state index contributed by atoms with van der Waals surface area (Å²) >= 11 is 1.64. The Morgan fingerprint density at radius 3 is 2.89 bits per heavy atom. The monoisotopic (exact) mass is 401 g/mol. The number of hydrogen-bond acceptors (Lipinski definition) is 6. The third-order valence-electron chi connectivity index (χ3n) is 4.87. The Morgan fingerprint density at radius 1 is 1.29 bits per heavy atom. The highest BCUT2D eigenvalue weighted by Gasteiger charge is 2.30. The Balaban J connectivity index is 1.59. The van der Waals surface area contributed by atoms with E-state index in [0.29, 0.717) is 37.7 Å². The molecule has 148 valence electrons. The molecule has 7 nitrogen and oxygen atoms in total. The van der Waals surface area contributed by atoms with Crippen LogP contribution in [-0.2, 0) is 20.7 Å². The summed E-state index contributed by atoms with van der Waals surface area (Å²) in [4.78, 5) is 33.1. The largest absolute Gasteiger partial charge is 0.482 e. The zero-order valence-corrected chi connectivity index (χ0v) is 16.7. The van der Waals surface area contributed by atoms with Gasteiger partial charge in [-0.3, -0.25) is 14.5 Å². The maximum absolute atomic E-state index is 12.7. The number of aromatic nitrogens is 1. The SMILES string of the molecule is CCCc1nc(-c2ccc3c(c2)N(CC(=O)N2CCOCC2)C(=O)CO3)cs1. The minimum absolute atomic E-state index is 0.0107. The van der Waals surface area contributed by atoms with Crippen LogP contribution in [0, 0.1) is 0 Å². The first-order valence-corrected chi connectivity index (χ1v) is 10.4. The van der Waals surface area contributed by atoms with E-state index in [1.807, 2.05) is 23.6 Å². The highest BCUT2D eigenvalue weighted by molar-refractivity contribution is 7.09. The van der Waals surface area contributed by atoms with Crippen LogP contribution in [0.25, 0.3) is 11.3 Å². The van der Waals surface area contributed by atoms with Gasteiger partial charge in [0.25, 0.3) is 5.91 Å². The average molecular weight is 401 g/mol. The van der Waals surface area contributed by atoms with Gasteiger partial charge in [-0.25, -0.2) is 4.98 Å². The van der Waals surface area contributed by atoms with Gasteiger partial charge in [-0.2, -0.15) is 0 Å². The highest BCUT2D eigenvalue weighted by Crippen LogP contribution is 2.36. The summed E-state index contributed by atoms with van der Waals surface area (Å²) in [7, 11) is 0.